The van der Waals surface area contributed by atoms with Crippen molar-refractivity contribution < 1.29 is 9.90 Å². The second kappa shape index (κ2) is 5.08. The van der Waals surface area contributed by atoms with Crippen molar-refractivity contribution in [2.45, 2.75) is 19.4 Å². The minimum absolute atomic E-state index is 0.0832. The van der Waals surface area contributed by atoms with E-state index in [1.807, 2.05) is 12.1 Å². The molecule has 2 N–H and O–H groups in total. The molecule has 0 unspecified atom stereocenters. The Morgan fingerprint density at radius 1 is 1.47 bits per heavy atom. The maximum absolute atomic E-state index is 11.7. The van der Waals surface area contributed by atoms with Gasteiger partial charge in [-0.05, 0) is 24.8 Å². The topological polar surface area (TPSA) is 52.6 Å². The summed E-state index contributed by atoms with van der Waals surface area (Å²) in [6, 6.07) is 6.99. The maximum Gasteiger partial charge on any atom is 0.317 e. The molecule has 2 rings (SSSR count). The molecule has 1 aromatic rings. The molecule has 1 saturated carbocycles. The van der Waals surface area contributed by atoms with Crippen LogP contribution in [0.1, 0.15) is 18.4 Å². The third kappa shape index (κ3) is 3.37. The van der Waals surface area contributed by atoms with Gasteiger partial charge in [-0.15, -0.1) is 0 Å². The van der Waals surface area contributed by atoms with E-state index >= 15 is 0 Å². The summed E-state index contributed by atoms with van der Waals surface area (Å²) in [7, 11) is 1.73. The van der Waals surface area contributed by atoms with Gasteiger partial charge in [0, 0.05) is 19.2 Å². The van der Waals surface area contributed by atoms with E-state index < -0.39 is 0 Å². The number of nitrogens with one attached hydrogen (secondary N) is 1. The van der Waals surface area contributed by atoms with Gasteiger partial charge in [0.25, 0.3) is 0 Å². The molecule has 4 nitrogen and oxygen atoms in total. The summed E-state index contributed by atoms with van der Waals surface area (Å²) in [5.41, 5.74) is 0.761. The summed E-state index contributed by atoms with van der Waals surface area (Å²) in [5, 5.41) is 12.5. The number of para-hydroxylation sites is 1. The summed E-state index contributed by atoms with van der Waals surface area (Å²) in [5.74, 6) is 0.909. The highest BCUT2D eigenvalue weighted by molar-refractivity contribution is 5.73. The van der Waals surface area contributed by atoms with Gasteiger partial charge in [-0.1, -0.05) is 18.2 Å². The highest BCUT2D eigenvalue weighted by atomic mass is 16.3. The lowest BCUT2D eigenvalue weighted by Crippen LogP contribution is -2.37. The van der Waals surface area contributed by atoms with E-state index in [4.69, 9.17) is 0 Å². The fourth-order valence-corrected chi connectivity index (χ4v) is 1.66. The number of hydrogen-bond donors (Lipinski definition) is 2. The van der Waals surface area contributed by atoms with E-state index in [1.165, 1.54) is 12.8 Å². The Morgan fingerprint density at radius 2 is 2.18 bits per heavy atom. The first kappa shape index (κ1) is 11.8. The van der Waals surface area contributed by atoms with E-state index in [0.29, 0.717) is 12.5 Å². The molecule has 0 bridgehead atoms. The van der Waals surface area contributed by atoms with Gasteiger partial charge in [0.15, 0.2) is 0 Å². The molecule has 1 aromatic carbocycles. The van der Waals surface area contributed by atoms with Crippen LogP contribution >= 0.6 is 0 Å². The summed E-state index contributed by atoms with van der Waals surface area (Å²) in [6.07, 6.45) is 2.45. The Balaban J connectivity index is 1.84. The maximum atomic E-state index is 11.7. The fourth-order valence-electron chi connectivity index (χ4n) is 1.66. The zero-order valence-corrected chi connectivity index (χ0v) is 10.0. The second-order valence-corrected chi connectivity index (χ2v) is 4.61. The van der Waals surface area contributed by atoms with Crippen LogP contribution < -0.4 is 5.32 Å². The monoisotopic (exact) mass is 234 g/mol. The van der Waals surface area contributed by atoms with Crippen LogP contribution in [0.5, 0.6) is 5.75 Å². The molecule has 0 heterocycles. The van der Waals surface area contributed by atoms with Crippen molar-refractivity contribution in [2.24, 2.45) is 5.92 Å². The minimum Gasteiger partial charge on any atom is -0.508 e. The van der Waals surface area contributed by atoms with Crippen LogP contribution in [-0.2, 0) is 6.54 Å². The molecule has 1 aliphatic carbocycles. The summed E-state index contributed by atoms with van der Waals surface area (Å²) >= 11 is 0. The zero-order chi connectivity index (χ0) is 12.3. The molecular formula is C13H18N2O2. The number of urea groups is 1. The van der Waals surface area contributed by atoms with E-state index in [9.17, 15) is 9.90 Å². The van der Waals surface area contributed by atoms with Crippen molar-refractivity contribution in [3.63, 3.8) is 0 Å². The van der Waals surface area contributed by atoms with Gasteiger partial charge < -0.3 is 15.3 Å². The molecular weight excluding hydrogens is 216 g/mol. The van der Waals surface area contributed by atoms with Crippen molar-refractivity contribution >= 4 is 6.03 Å². The lowest BCUT2D eigenvalue weighted by Gasteiger charge is -2.18. The number of carbonyl (C=O) groups excluding carboxylic acids is 1. The molecule has 0 aliphatic heterocycles. The van der Waals surface area contributed by atoms with Gasteiger partial charge in [-0.3, -0.25) is 0 Å². The zero-order valence-electron chi connectivity index (χ0n) is 10.0. The molecule has 1 fully saturated rings. The van der Waals surface area contributed by atoms with Gasteiger partial charge in [0.05, 0.1) is 6.54 Å². The normalized spacial score (nSPS) is 14.4. The summed E-state index contributed by atoms with van der Waals surface area (Å²) in [4.78, 5) is 13.3. The number of rotatable bonds is 4. The SMILES string of the molecule is CN(Cc1ccccc1O)C(=O)NCC1CC1. The summed E-state index contributed by atoms with van der Waals surface area (Å²) in [6.45, 7) is 1.19. The first-order chi connectivity index (χ1) is 8.16. The molecule has 0 aromatic heterocycles. The van der Waals surface area contributed by atoms with Crippen LogP contribution in [0.15, 0.2) is 24.3 Å². The first-order valence-electron chi connectivity index (χ1n) is 5.92. The standard InChI is InChI=1S/C13H18N2O2/c1-15(13(17)14-8-10-6-7-10)9-11-4-2-3-5-12(11)16/h2-5,10,16H,6-9H2,1H3,(H,14,17). The third-order valence-electron chi connectivity index (χ3n) is 2.98. The fraction of sp³-hybridized carbons (Fsp3) is 0.462. The molecule has 0 radical (unpaired) electrons. The smallest absolute Gasteiger partial charge is 0.317 e. The highest BCUT2D eigenvalue weighted by Gasteiger charge is 2.22. The lowest BCUT2D eigenvalue weighted by atomic mass is 10.2. The van der Waals surface area contributed by atoms with E-state index in [1.54, 1.807) is 24.1 Å². The number of carbonyl (C=O) groups is 1. The van der Waals surface area contributed by atoms with Gasteiger partial charge in [-0.2, -0.15) is 0 Å². The molecule has 4 heteroatoms. The van der Waals surface area contributed by atoms with Gasteiger partial charge in [-0.25, -0.2) is 4.79 Å². The van der Waals surface area contributed by atoms with E-state index in [0.717, 1.165) is 12.1 Å². The largest absolute Gasteiger partial charge is 0.508 e. The molecule has 17 heavy (non-hydrogen) atoms. The first-order valence-corrected chi connectivity index (χ1v) is 5.92. The molecule has 0 atom stereocenters. The number of phenols is 1. The summed E-state index contributed by atoms with van der Waals surface area (Å²) < 4.78 is 0. The van der Waals surface area contributed by atoms with Crippen molar-refractivity contribution in [1.29, 1.82) is 0 Å². The number of hydrogen-bond acceptors (Lipinski definition) is 2. The number of amides is 2. The molecule has 92 valence electrons. The molecule has 2 amide bonds. The van der Waals surface area contributed by atoms with Crippen molar-refractivity contribution in [3.05, 3.63) is 29.8 Å². The average molecular weight is 234 g/mol. The van der Waals surface area contributed by atoms with Gasteiger partial charge in [0.2, 0.25) is 0 Å². The number of phenolic OH excluding ortho intramolecular Hbond substituents is 1. The average Bonchev–Trinajstić information content (AvgIpc) is 3.13. The molecule has 1 aliphatic rings. The quantitative estimate of drug-likeness (QED) is 0.836. The Hall–Kier alpha value is -1.71. The van der Waals surface area contributed by atoms with Crippen molar-refractivity contribution in [3.8, 4) is 5.75 Å². The predicted octanol–water partition coefficient (Wildman–Crippen LogP) is 1.94. The highest BCUT2D eigenvalue weighted by Crippen LogP contribution is 2.27. The third-order valence-corrected chi connectivity index (χ3v) is 2.98. The van der Waals surface area contributed by atoms with Crippen LogP contribution in [0.2, 0.25) is 0 Å². The number of nitrogens with zero attached hydrogens (tertiary/aromatic N) is 1. The predicted molar refractivity (Wildman–Crippen MR) is 65.7 cm³/mol. The van der Waals surface area contributed by atoms with Crippen molar-refractivity contribution in [2.75, 3.05) is 13.6 Å². The van der Waals surface area contributed by atoms with Crippen LogP contribution in [0.25, 0.3) is 0 Å². The van der Waals surface area contributed by atoms with Crippen LogP contribution in [0.4, 0.5) is 4.79 Å². The Morgan fingerprint density at radius 3 is 2.82 bits per heavy atom. The number of benzene rings is 1. The van der Waals surface area contributed by atoms with E-state index in [-0.39, 0.29) is 11.8 Å². The lowest BCUT2D eigenvalue weighted by molar-refractivity contribution is 0.206. The van der Waals surface area contributed by atoms with Crippen LogP contribution in [0, 0.1) is 5.92 Å². The van der Waals surface area contributed by atoms with E-state index in [2.05, 4.69) is 5.32 Å². The Kier molecular flexibility index (Phi) is 3.52. The van der Waals surface area contributed by atoms with Crippen molar-refractivity contribution in [1.82, 2.24) is 10.2 Å². The number of aromatic hydroxyl groups is 1. The van der Waals surface area contributed by atoms with Gasteiger partial charge in [0.1, 0.15) is 5.75 Å². The van der Waals surface area contributed by atoms with Crippen LogP contribution in [0.3, 0.4) is 0 Å². The van der Waals surface area contributed by atoms with Crippen LogP contribution in [-0.4, -0.2) is 29.6 Å². The molecule has 0 spiro atoms. The second-order valence-electron chi connectivity index (χ2n) is 4.61. The molecule has 0 saturated heterocycles. The Labute approximate surface area is 101 Å². The minimum atomic E-state index is -0.0832. The Bertz CT molecular complexity index is 402. The van der Waals surface area contributed by atoms with Gasteiger partial charge >= 0.3 is 6.03 Å².